The Bertz CT molecular complexity index is 688. The topological polar surface area (TPSA) is 91.0 Å². The van der Waals surface area contributed by atoms with Crippen LogP contribution in [0.5, 0.6) is 5.75 Å². The van der Waals surface area contributed by atoms with Crippen molar-refractivity contribution in [3.63, 3.8) is 0 Å². The minimum absolute atomic E-state index is 0.0302. The first-order valence-electron chi connectivity index (χ1n) is 8.89. The van der Waals surface area contributed by atoms with Crippen molar-refractivity contribution in [3.05, 3.63) is 24.3 Å². The summed E-state index contributed by atoms with van der Waals surface area (Å²) in [6, 6.07) is 6.74. The quantitative estimate of drug-likeness (QED) is 0.829. The van der Waals surface area contributed by atoms with Gasteiger partial charge in [0, 0.05) is 20.1 Å². The third-order valence-corrected chi connectivity index (χ3v) is 4.62. The number of urea groups is 1. The molecule has 0 aromatic heterocycles. The van der Waals surface area contributed by atoms with Crippen LogP contribution in [0.1, 0.15) is 19.3 Å². The average Bonchev–Trinajstić information content (AvgIpc) is 2.67. The molecule has 0 aliphatic carbocycles. The molecular weight excluding hydrogens is 336 g/mol. The van der Waals surface area contributed by atoms with Gasteiger partial charge in [0.1, 0.15) is 5.75 Å². The summed E-state index contributed by atoms with van der Waals surface area (Å²) in [5.41, 5.74) is 0.738. The van der Waals surface area contributed by atoms with Gasteiger partial charge in [0.05, 0.1) is 18.8 Å². The summed E-state index contributed by atoms with van der Waals surface area (Å²) in [5.74, 6) is 0.0861. The Hall–Kier alpha value is -2.77. The van der Waals surface area contributed by atoms with Crippen molar-refractivity contribution in [2.45, 2.75) is 25.4 Å². The Kier molecular flexibility index (Phi) is 5.60. The molecule has 0 saturated carbocycles. The molecule has 2 aliphatic rings. The Morgan fingerprint density at radius 1 is 1.15 bits per heavy atom. The van der Waals surface area contributed by atoms with Crippen LogP contribution in [0, 0.1) is 0 Å². The fourth-order valence-corrected chi connectivity index (χ4v) is 3.31. The minimum Gasteiger partial charge on any atom is -0.477 e. The lowest BCUT2D eigenvalue weighted by Crippen LogP contribution is -2.53. The molecule has 140 valence electrons. The monoisotopic (exact) mass is 360 g/mol. The zero-order valence-electron chi connectivity index (χ0n) is 14.9. The van der Waals surface area contributed by atoms with Gasteiger partial charge < -0.3 is 19.9 Å². The van der Waals surface area contributed by atoms with E-state index in [0.29, 0.717) is 5.75 Å². The van der Waals surface area contributed by atoms with Crippen LogP contribution in [0.2, 0.25) is 0 Å². The van der Waals surface area contributed by atoms with Crippen molar-refractivity contribution >= 4 is 23.5 Å². The number of nitrogens with zero attached hydrogens (tertiary/aromatic N) is 2. The van der Waals surface area contributed by atoms with Gasteiger partial charge in [-0.15, -0.1) is 0 Å². The maximum Gasteiger partial charge on any atom is 0.321 e. The van der Waals surface area contributed by atoms with Crippen molar-refractivity contribution in [1.29, 1.82) is 0 Å². The van der Waals surface area contributed by atoms with Crippen LogP contribution in [-0.4, -0.2) is 62.1 Å². The standard InChI is InChI=1S/C18H24N4O4/c1-19-18(25)20-16(23)12-22-11-15(17(24)21-9-5-2-6-10-21)26-14-8-4-3-7-13(14)22/h3-4,7-8,15H,2,5-6,9-12H2,1H3,(H2,19,20,23,25)/t15-/m1/s1. The molecule has 0 radical (unpaired) electrons. The highest BCUT2D eigenvalue weighted by molar-refractivity contribution is 5.96. The average molecular weight is 360 g/mol. The number of amides is 4. The molecule has 0 spiro atoms. The number of rotatable bonds is 3. The van der Waals surface area contributed by atoms with E-state index in [-0.39, 0.29) is 19.0 Å². The summed E-state index contributed by atoms with van der Waals surface area (Å²) >= 11 is 0. The lowest BCUT2D eigenvalue weighted by Gasteiger charge is -2.38. The molecule has 26 heavy (non-hydrogen) atoms. The second-order valence-corrected chi connectivity index (χ2v) is 6.47. The second kappa shape index (κ2) is 8.07. The van der Waals surface area contributed by atoms with E-state index in [2.05, 4.69) is 10.6 Å². The van der Waals surface area contributed by atoms with E-state index < -0.39 is 18.0 Å². The van der Waals surface area contributed by atoms with Crippen LogP contribution in [0.15, 0.2) is 24.3 Å². The molecule has 2 heterocycles. The normalized spacial score (nSPS) is 19.2. The van der Waals surface area contributed by atoms with E-state index in [4.69, 9.17) is 4.74 Å². The Balaban J connectivity index is 1.74. The fraction of sp³-hybridized carbons (Fsp3) is 0.500. The van der Waals surface area contributed by atoms with Crippen LogP contribution in [0.25, 0.3) is 0 Å². The predicted molar refractivity (Wildman–Crippen MR) is 96.1 cm³/mol. The number of piperidine rings is 1. The van der Waals surface area contributed by atoms with E-state index in [1.165, 1.54) is 7.05 Å². The maximum absolute atomic E-state index is 12.8. The summed E-state index contributed by atoms with van der Waals surface area (Å²) in [5, 5.41) is 4.60. The van der Waals surface area contributed by atoms with Crippen molar-refractivity contribution in [1.82, 2.24) is 15.5 Å². The number of hydrogen-bond donors (Lipinski definition) is 2. The Morgan fingerprint density at radius 2 is 1.88 bits per heavy atom. The molecular formula is C18H24N4O4. The van der Waals surface area contributed by atoms with Gasteiger partial charge in [0.15, 0.2) is 6.10 Å². The number of anilines is 1. The van der Waals surface area contributed by atoms with Crippen LogP contribution in [0.4, 0.5) is 10.5 Å². The highest BCUT2D eigenvalue weighted by atomic mass is 16.5. The van der Waals surface area contributed by atoms with Gasteiger partial charge in [-0.3, -0.25) is 14.9 Å². The highest BCUT2D eigenvalue weighted by Crippen LogP contribution is 2.33. The number of ether oxygens (including phenoxy) is 1. The van der Waals surface area contributed by atoms with Gasteiger partial charge in [-0.2, -0.15) is 0 Å². The van der Waals surface area contributed by atoms with E-state index in [9.17, 15) is 14.4 Å². The number of para-hydroxylation sites is 2. The zero-order valence-corrected chi connectivity index (χ0v) is 14.9. The third-order valence-electron chi connectivity index (χ3n) is 4.62. The van der Waals surface area contributed by atoms with Crippen molar-refractivity contribution in [2.75, 3.05) is 38.1 Å². The zero-order chi connectivity index (χ0) is 18.5. The molecule has 1 saturated heterocycles. The van der Waals surface area contributed by atoms with Crippen LogP contribution < -0.4 is 20.3 Å². The molecule has 1 fully saturated rings. The Morgan fingerprint density at radius 3 is 2.62 bits per heavy atom. The summed E-state index contributed by atoms with van der Waals surface area (Å²) in [7, 11) is 1.44. The molecule has 4 amide bonds. The fourth-order valence-electron chi connectivity index (χ4n) is 3.31. The second-order valence-electron chi connectivity index (χ2n) is 6.47. The minimum atomic E-state index is -0.657. The first kappa shape index (κ1) is 18.0. The molecule has 0 unspecified atom stereocenters. The van der Waals surface area contributed by atoms with Crippen LogP contribution in [0.3, 0.4) is 0 Å². The SMILES string of the molecule is CNC(=O)NC(=O)CN1C[C@H](C(=O)N2CCCCC2)Oc2ccccc21. The smallest absolute Gasteiger partial charge is 0.321 e. The summed E-state index contributed by atoms with van der Waals surface area (Å²) in [4.78, 5) is 39.9. The maximum atomic E-state index is 12.8. The van der Waals surface area contributed by atoms with Gasteiger partial charge >= 0.3 is 6.03 Å². The summed E-state index contributed by atoms with van der Waals surface area (Å²) < 4.78 is 5.92. The summed E-state index contributed by atoms with van der Waals surface area (Å²) in [6.45, 7) is 1.74. The largest absolute Gasteiger partial charge is 0.477 e. The molecule has 8 nitrogen and oxygen atoms in total. The van der Waals surface area contributed by atoms with E-state index in [1.54, 1.807) is 11.0 Å². The van der Waals surface area contributed by atoms with E-state index >= 15 is 0 Å². The van der Waals surface area contributed by atoms with E-state index in [0.717, 1.165) is 38.0 Å². The van der Waals surface area contributed by atoms with Gasteiger partial charge in [0.25, 0.3) is 5.91 Å². The molecule has 1 atom stereocenters. The third kappa shape index (κ3) is 4.07. The summed E-state index contributed by atoms with van der Waals surface area (Å²) in [6.07, 6.45) is 2.50. The van der Waals surface area contributed by atoms with Crippen LogP contribution >= 0.6 is 0 Å². The highest BCUT2D eigenvalue weighted by Gasteiger charge is 2.34. The number of imide groups is 1. The lowest BCUT2D eigenvalue weighted by molar-refractivity contribution is -0.139. The Labute approximate surface area is 152 Å². The number of fused-ring (bicyclic) bond motifs is 1. The number of likely N-dealkylation sites (tertiary alicyclic amines) is 1. The molecule has 8 heteroatoms. The van der Waals surface area contributed by atoms with Crippen molar-refractivity contribution in [3.8, 4) is 5.75 Å². The van der Waals surface area contributed by atoms with Gasteiger partial charge in [-0.05, 0) is 31.4 Å². The number of carbonyl (C=O) groups excluding carboxylic acids is 3. The lowest BCUT2D eigenvalue weighted by atomic mass is 10.1. The molecule has 2 aliphatic heterocycles. The van der Waals surface area contributed by atoms with Crippen molar-refractivity contribution in [2.24, 2.45) is 0 Å². The number of hydrogen-bond acceptors (Lipinski definition) is 5. The number of benzene rings is 1. The number of carbonyl (C=O) groups is 3. The number of nitrogens with one attached hydrogen (secondary N) is 2. The first-order chi connectivity index (χ1) is 12.6. The molecule has 0 bridgehead atoms. The van der Waals surface area contributed by atoms with Gasteiger partial charge in [-0.1, -0.05) is 12.1 Å². The molecule has 2 N–H and O–H groups in total. The predicted octanol–water partition coefficient (Wildman–Crippen LogP) is 0.722. The first-order valence-corrected chi connectivity index (χ1v) is 8.89. The van der Waals surface area contributed by atoms with Gasteiger partial charge in [0.2, 0.25) is 5.91 Å². The van der Waals surface area contributed by atoms with Crippen molar-refractivity contribution < 1.29 is 19.1 Å². The van der Waals surface area contributed by atoms with E-state index in [1.807, 2.05) is 23.1 Å². The molecule has 1 aromatic rings. The molecule has 3 rings (SSSR count). The van der Waals surface area contributed by atoms with Gasteiger partial charge in [-0.25, -0.2) is 4.79 Å². The van der Waals surface area contributed by atoms with Crippen LogP contribution in [-0.2, 0) is 9.59 Å². The molecule has 1 aromatic carbocycles.